The summed E-state index contributed by atoms with van der Waals surface area (Å²) in [6.45, 7) is 3.99. The van der Waals surface area contributed by atoms with Gasteiger partial charge in [-0.2, -0.15) is 4.72 Å². The lowest BCUT2D eigenvalue weighted by Gasteiger charge is -2.25. The molecular weight excluding hydrogens is 412 g/mol. The number of hydrogen-bond acceptors (Lipinski definition) is 5. The molecule has 0 aromatic heterocycles. The van der Waals surface area contributed by atoms with E-state index in [0.717, 1.165) is 62.1 Å². The molecule has 6 nitrogen and oxygen atoms in total. The van der Waals surface area contributed by atoms with Gasteiger partial charge in [-0.1, -0.05) is 18.2 Å². The maximum absolute atomic E-state index is 12.8. The average molecular weight is 443 g/mol. The Hall–Kier alpha value is -2.22. The first kappa shape index (κ1) is 22.0. The number of Topliss-reactive ketones (excluding diaryl/α,β-unsaturated/α-hetero) is 1. The molecule has 1 saturated carbocycles. The van der Waals surface area contributed by atoms with Crippen molar-refractivity contribution in [3.05, 3.63) is 59.7 Å². The molecule has 0 radical (unpaired) electrons. The van der Waals surface area contributed by atoms with Gasteiger partial charge in [-0.3, -0.25) is 9.69 Å². The van der Waals surface area contributed by atoms with Gasteiger partial charge in [-0.05, 0) is 81.5 Å². The van der Waals surface area contributed by atoms with Gasteiger partial charge in [0.25, 0.3) is 0 Å². The topological polar surface area (TPSA) is 75.7 Å². The predicted molar refractivity (Wildman–Crippen MR) is 120 cm³/mol. The third-order valence-corrected chi connectivity index (χ3v) is 7.60. The second-order valence-electron chi connectivity index (χ2n) is 8.45. The molecule has 4 rings (SSSR count). The fourth-order valence-electron chi connectivity index (χ4n) is 4.08. The van der Waals surface area contributed by atoms with Crippen LogP contribution in [0.4, 0.5) is 0 Å². The van der Waals surface area contributed by atoms with Crippen molar-refractivity contribution in [2.24, 2.45) is 5.92 Å². The largest absolute Gasteiger partial charge is 0.494 e. The lowest BCUT2D eigenvalue weighted by atomic mass is 10.1. The number of aryl methyl sites for hydroxylation is 1. The SMILES string of the molecule is Cc1ccccc1S(=O)(=O)NC1CCCN1CCCOc1ccc(C(=O)C2CC2)cc1. The summed E-state index contributed by atoms with van der Waals surface area (Å²) in [5.74, 6) is 1.22. The summed E-state index contributed by atoms with van der Waals surface area (Å²) in [5.41, 5.74) is 1.51. The van der Waals surface area contributed by atoms with Crippen molar-refractivity contribution >= 4 is 15.8 Å². The van der Waals surface area contributed by atoms with Gasteiger partial charge >= 0.3 is 0 Å². The van der Waals surface area contributed by atoms with Crippen LogP contribution in [0.3, 0.4) is 0 Å². The molecule has 1 unspecified atom stereocenters. The van der Waals surface area contributed by atoms with Crippen LogP contribution < -0.4 is 9.46 Å². The number of carbonyl (C=O) groups is 1. The van der Waals surface area contributed by atoms with Crippen LogP contribution in [0.15, 0.2) is 53.4 Å². The molecular formula is C24H30N2O4S. The van der Waals surface area contributed by atoms with Crippen molar-refractivity contribution < 1.29 is 17.9 Å². The number of hydrogen-bond donors (Lipinski definition) is 1. The first-order valence-electron chi connectivity index (χ1n) is 11.0. The summed E-state index contributed by atoms with van der Waals surface area (Å²) in [4.78, 5) is 14.6. The zero-order valence-corrected chi connectivity index (χ0v) is 18.7. The number of likely N-dealkylation sites (tertiary alicyclic amines) is 1. The van der Waals surface area contributed by atoms with E-state index in [2.05, 4.69) is 9.62 Å². The summed E-state index contributed by atoms with van der Waals surface area (Å²) >= 11 is 0. The van der Waals surface area contributed by atoms with Crippen LogP contribution in [-0.4, -0.2) is 45.0 Å². The van der Waals surface area contributed by atoms with E-state index in [1.165, 1.54) is 0 Å². The molecule has 1 aliphatic carbocycles. The van der Waals surface area contributed by atoms with Gasteiger partial charge < -0.3 is 4.74 Å². The molecule has 1 aliphatic heterocycles. The molecule has 0 amide bonds. The van der Waals surface area contributed by atoms with Crippen LogP contribution in [0.5, 0.6) is 5.75 Å². The normalized spacial score (nSPS) is 19.5. The monoisotopic (exact) mass is 442 g/mol. The standard InChI is InChI=1S/C24H30N2O4S/c1-18-6-2-3-7-22(18)31(28,29)25-23-8-4-15-26(23)16-5-17-30-21-13-11-20(12-14-21)24(27)19-9-10-19/h2-3,6-7,11-14,19,23,25H,4-5,8-10,15-17H2,1H3. The molecule has 166 valence electrons. The van der Waals surface area contributed by atoms with E-state index in [-0.39, 0.29) is 17.9 Å². The highest BCUT2D eigenvalue weighted by atomic mass is 32.2. The minimum atomic E-state index is -3.54. The fourth-order valence-corrected chi connectivity index (χ4v) is 5.58. The molecule has 2 aromatic carbocycles. The minimum absolute atomic E-state index is 0.183. The Balaban J connectivity index is 1.25. The second kappa shape index (κ2) is 9.51. The Morgan fingerprint density at radius 3 is 2.55 bits per heavy atom. The Kier molecular flexibility index (Phi) is 6.74. The van der Waals surface area contributed by atoms with E-state index in [1.807, 2.05) is 43.3 Å². The quantitative estimate of drug-likeness (QED) is 0.448. The van der Waals surface area contributed by atoms with E-state index in [1.54, 1.807) is 12.1 Å². The van der Waals surface area contributed by atoms with Crippen molar-refractivity contribution in [1.82, 2.24) is 9.62 Å². The molecule has 0 bridgehead atoms. The Labute approximate surface area is 184 Å². The Bertz CT molecular complexity index is 1020. The summed E-state index contributed by atoms with van der Waals surface area (Å²) < 4.78 is 34.3. The number of benzene rings is 2. The van der Waals surface area contributed by atoms with Crippen LogP contribution in [0, 0.1) is 12.8 Å². The van der Waals surface area contributed by atoms with Gasteiger partial charge in [-0.15, -0.1) is 0 Å². The second-order valence-corrected chi connectivity index (χ2v) is 10.1. The number of nitrogens with zero attached hydrogens (tertiary/aromatic N) is 1. The third kappa shape index (κ3) is 5.53. The van der Waals surface area contributed by atoms with E-state index in [4.69, 9.17) is 4.74 Å². The van der Waals surface area contributed by atoms with Crippen molar-refractivity contribution in [1.29, 1.82) is 0 Å². The van der Waals surface area contributed by atoms with Gasteiger partial charge in [0.15, 0.2) is 5.78 Å². The molecule has 1 saturated heterocycles. The maximum Gasteiger partial charge on any atom is 0.242 e. The molecule has 31 heavy (non-hydrogen) atoms. The zero-order valence-electron chi connectivity index (χ0n) is 17.9. The summed E-state index contributed by atoms with van der Waals surface area (Å²) in [5, 5.41) is 0. The van der Waals surface area contributed by atoms with Crippen molar-refractivity contribution in [3.8, 4) is 5.75 Å². The summed E-state index contributed by atoms with van der Waals surface area (Å²) in [6.07, 6.45) is 4.41. The zero-order chi connectivity index (χ0) is 21.8. The number of sulfonamides is 1. The third-order valence-electron chi connectivity index (χ3n) is 5.98. The van der Waals surface area contributed by atoms with Crippen LogP contribution in [0.2, 0.25) is 0 Å². The van der Waals surface area contributed by atoms with Gasteiger partial charge in [0.2, 0.25) is 10.0 Å². The van der Waals surface area contributed by atoms with Gasteiger partial charge in [0, 0.05) is 18.0 Å². The Morgan fingerprint density at radius 2 is 1.84 bits per heavy atom. The molecule has 1 N–H and O–H groups in total. The number of ketones is 1. The van der Waals surface area contributed by atoms with Gasteiger partial charge in [0.05, 0.1) is 17.7 Å². The van der Waals surface area contributed by atoms with Gasteiger partial charge in [0.1, 0.15) is 5.75 Å². The number of carbonyl (C=O) groups excluding carboxylic acids is 1. The van der Waals surface area contributed by atoms with Crippen LogP contribution in [-0.2, 0) is 10.0 Å². The van der Waals surface area contributed by atoms with Crippen molar-refractivity contribution in [2.45, 2.75) is 50.1 Å². The molecule has 1 heterocycles. The van der Waals surface area contributed by atoms with Crippen LogP contribution >= 0.6 is 0 Å². The van der Waals surface area contributed by atoms with E-state index < -0.39 is 10.0 Å². The maximum atomic E-state index is 12.8. The average Bonchev–Trinajstić information content (AvgIpc) is 3.52. The van der Waals surface area contributed by atoms with E-state index in [9.17, 15) is 13.2 Å². The highest BCUT2D eigenvalue weighted by Crippen LogP contribution is 2.32. The van der Waals surface area contributed by atoms with Crippen molar-refractivity contribution in [2.75, 3.05) is 19.7 Å². The highest BCUT2D eigenvalue weighted by molar-refractivity contribution is 7.89. The predicted octanol–water partition coefficient (Wildman–Crippen LogP) is 3.76. The summed E-state index contributed by atoms with van der Waals surface area (Å²) in [7, 11) is -3.54. The van der Waals surface area contributed by atoms with E-state index in [0.29, 0.717) is 11.5 Å². The lowest BCUT2D eigenvalue weighted by Crippen LogP contribution is -2.44. The van der Waals surface area contributed by atoms with Crippen molar-refractivity contribution in [3.63, 3.8) is 0 Å². The first-order chi connectivity index (χ1) is 14.9. The molecule has 2 aromatic rings. The number of nitrogens with one attached hydrogen (secondary N) is 1. The number of ether oxygens (including phenoxy) is 1. The number of rotatable bonds is 10. The first-order valence-corrected chi connectivity index (χ1v) is 12.5. The van der Waals surface area contributed by atoms with Crippen LogP contribution in [0.1, 0.15) is 48.0 Å². The molecule has 2 aliphatic rings. The fraction of sp³-hybridized carbons (Fsp3) is 0.458. The highest BCUT2D eigenvalue weighted by Gasteiger charge is 2.30. The smallest absolute Gasteiger partial charge is 0.242 e. The Morgan fingerprint density at radius 1 is 1.10 bits per heavy atom. The molecule has 2 fully saturated rings. The van der Waals surface area contributed by atoms with E-state index >= 15 is 0 Å². The minimum Gasteiger partial charge on any atom is -0.494 e. The molecule has 1 atom stereocenters. The van der Waals surface area contributed by atoms with Gasteiger partial charge in [-0.25, -0.2) is 8.42 Å². The lowest BCUT2D eigenvalue weighted by molar-refractivity contribution is 0.0967. The summed E-state index contributed by atoms with van der Waals surface area (Å²) in [6, 6.07) is 14.4. The van der Waals surface area contributed by atoms with Crippen LogP contribution in [0.25, 0.3) is 0 Å². The molecule has 0 spiro atoms. The molecule has 7 heteroatoms.